The van der Waals surface area contributed by atoms with Crippen LogP contribution in [0.4, 0.5) is 0 Å². The molecule has 0 atom stereocenters. The van der Waals surface area contributed by atoms with E-state index >= 15 is 0 Å². The summed E-state index contributed by atoms with van der Waals surface area (Å²) in [6.07, 6.45) is 1.50. The molecular formula is C10H22O2. The summed E-state index contributed by atoms with van der Waals surface area (Å²) >= 11 is 0. The number of hydrogen-bond donors (Lipinski definition) is 1. The molecule has 0 heterocycles. The van der Waals surface area contributed by atoms with E-state index in [2.05, 4.69) is 27.7 Å². The molecule has 0 amide bonds. The topological polar surface area (TPSA) is 37.3 Å². The van der Waals surface area contributed by atoms with Crippen LogP contribution in [0.1, 0.15) is 40.5 Å². The third kappa shape index (κ3) is 12.3. The van der Waals surface area contributed by atoms with Crippen molar-refractivity contribution >= 4 is 5.78 Å². The van der Waals surface area contributed by atoms with E-state index in [4.69, 9.17) is 5.11 Å². The highest BCUT2D eigenvalue weighted by atomic mass is 16.2. The summed E-state index contributed by atoms with van der Waals surface area (Å²) in [5.41, 5.74) is 0. The summed E-state index contributed by atoms with van der Waals surface area (Å²) in [5, 5.41) is 7.00. The van der Waals surface area contributed by atoms with Gasteiger partial charge < -0.3 is 5.11 Å². The highest BCUT2D eigenvalue weighted by Gasteiger charge is 2.06. The molecule has 0 radical (unpaired) electrons. The van der Waals surface area contributed by atoms with Crippen LogP contribution in [0.2, 0.25) is 0 Å². The number of carbonyl (C=O) groups excluding carboxylic acids is 1. The largest absolute Gasteiger partial charge is 0.400 e. The van der Waals surface area contributed by atoms with E-state index in [1.807, 2.05) is 0 Å². The minimum absolute atomic E-state index is 0.407. The first-order chi connectivity index (χ1) is 5.52. The smallest absolute Gasteiger partial charge is 0.133 e. The number of aliphatic hydroxyl groups is 1. The van der Waals surface area contributed by atoms with Crippen LogP contribution in [-0.2, 0) is 4.79 Å². The summed E-state index contributed by atoms with van der Waals surface area (Å²) in [7, 11) is 1.00. The summed E-state index contributed by atoms with van der Waals surface area (Å²) in [5.74, 6) is 1.45. The second kappa shape index (κ2) is 8.72. The van der Waals surface area contributed by atoms with Crippen molar-refractivity contribution in [2.45, 2.75) is 40.5 Å². The van der Waals surface area contributed by atoms with Crippen LogP contribution in [0.25, 0.3) is 0 Å². The molecule has 0 aromatic carbocycles. The first-order valence-electron chi connectivity index (χ1n) is 4.48. The first kappa shape index (κ1) is 14.2. The van der Waals surface area contributed by atoms with Crippen molar-refractivity contribution in [1.82, 2.24) is 0 Å². The maximum atomic E-state index is 11.1. The number of aliphatic hydroxyl groups excluding tert-OH is 1. The maximum absolute atomic E-state index is 11.1. The summed E-state index contributed by atoms with van der Waals surface area (Å²) in [6, 6.07) is 0. The SMILES string of the molecule is CC(C)CC(=O)CC(C)C.CO. The molecular weight excluding hydrogens is 152 g/mol. The highest BCUT2D eigenvalue weighted by molar-refractivity contribution is 5.78. The Balaban J connectivity index is 0. The average Bonchev–Trinajstić information content (AvgIpc) is 1.87. The fraction of sp³-hybridized carbons (Fsp3) is 0.900. The van der Waals surface area contributed by atoms with Gasteiger partial charge in [-0.05, 0) is 11.8 Å². The predicted octanol–water partition coefficient (Wildman–Crippen LogP) is 2.26. The Morgan fingerprint density at radius 1 is 1.00 bits per heavy atom. The molecule has 0 saturated heterocycles. The zero-order valence-corrected chi connectivity index (χ0v) is 8.92. The molecule has 0 aliphatic heterocycles. The van der Waals surface area contributed by atoms with Gasteiger partial charge >= 0.3 is 0 Å². The van der Waals surface area contributed by atoms with Gasteiger partial charge in [-0.15, -0.1) is 0 Å². The molecule has 74 valence electrons. The molecule has 0 unspecified atom stereocenters. The Bertz CT molecular complexity index is 94.4. The Morgan fingerprint density at radius 2 is 1.25 bits per heavy atom. The molecule has 2 nitrogen and oxygen atoms in total. The monoisotopic (exact) mass is 174 g/mol. The summed E-state index contributed by atoms with van der Waals surface area (Å²) in [6.45, 7) is 8.33. The lowest BCUT2D eigenvalue weighted by molar-refractivity contribution is -0.120. The standard InChI is InChI=1S/C9H18O.CH4O/c1-7(2)5-9(10)6-8(3)4;1-2/h7-8H,5-6H2,1-4H3;2H,1H3. The van der Waals surface area contributed by atoms with Gasteiger partial charge in [-0.2, -0.15) is 0 Å². The number of hydrogen-bond acceptors (Lipinski definition) is 2. The van der Waals surface area contributed by atoms with Gasteiger partial charge in [0.25, 0.3) is 0 Å². The summed E-state index contributed by atoms with van der Waals surface area (Å²) < 4.78 is 0. The van der Waals surface area contributed by atoms with E-state index in [1.165, 1.54) is 0 Å². The van der Waals surface area contributed by atoms with E-state index in [9.17, 15) is 4.79 Å². The van der Waals surface area contributed by atoms with Gasteiger partial charge in [0.2, 0.25) is 0 Å². The predicted molar refractivity (Wildman–Crippen MR) is 52.1 cm³/mol. The van der Waals surface area contributed by atoms with Gasteiger partial charge in [0, 0.05) is 20.0 Å². The molecule has 0 aromatic heterocycles. The second-order valence-corrected chi connectivity index (χ2v) is 3.73. The molecule has 0 fully saturated rings. The van der Waals surface area contributed by atoms with Gasteiger partial charge in [0.15, 0.2) is 0 Å². The van der Waals surface area contributed by atoms with Crippen LogP contribution in [-0.4, -0.2) is 18.0 Å². The molecule has 12 heavy (non-hydrogen) atoms. The number of rotatable bonds is 4. The molecule has 1 N–H and O–H groups in total. The maximum Gasteiger partial charge on any atom is 0.133 e. The van der Waals surface area contributed by atoms with Gasteiger partial charge in [-0.3, -0.25) is 4.79 Å². The fourth-order valence-electron chi connectivity index (χ4n) is 0.994. The molecule has 2 heteroatoms. The minimum Gasteiger partial charge on any atom is -0.400 e. The lowest BCUT2D eigenvalue weighted by atomic mass is 10.00. The van der Waals surface area contributed by atoms with Crippen LogP contribution in [0.15, 0.2) is 0 Å². The lowest BCUT2D eigenvalue weighted by Gasteiger charge is -2.05. The van der Waals surface area contributed by atoms with Crippen molar-refractivity contribution in [3.63, 3.8) is 0 Å². The molecule has 0 rings (SSSR count). The molecule has 0 spiro atoms. The van der Waals surface area contributed by atoms with Gasteiger partial charge in [0.05, 0.1) is 0 Å². The third-order valence-electron chi connectivity index (χ3n) is 1.27. The highest BCUT2D eigenvalue weighted by Crippen LogP contribution is 2.07. The molecule has 0 aliphatic rings. The van der Waals surface area contributed by atoms with Crippen molar-refractivity contribution in [3.05, 3.63) is 0 Å². The van der Waals surface area contributed by atoms with Gasteiger partial charge in [-0.25, -0.2) is 0 Å². The van der Waals surface area contributed by atoms with Gasteiger partial charge in [0.1, 0.15) is 5.78 Å². The normalized spacial score (nSPS) is 9.67. The molecule has 0 aliphatic carbocycles. The number of carbonyl (C=O) groups is 1. The fourth-order valence-corrected chi connectivity index (χ4v) is 0.994. The summed E-state index contributed by atoms with van der Waals surface area (Å²) in [4.78, 5) is 11.1. The van der Waals surface area contributed by atoms with Crippen molar-refractivity contribution in [2.75, 3.05) is 7.11 Å². The van der Waals surface area contributed by atoms with Crippen molar-refractivity contribution < 1.29 is 9.90 Å². The third-order valence-corrected chi connectivity index (χ3v) is 1.27. The number of ketones is 1. The van der Waals surface area contributed by atoms with Crippen LogP contribution in [0.3, 0.4) is 0 Å². The van der Waals surface area contributed by atoms with E-state index in [0.29, 0.717) is 17.6 Å². The van der Waals surface area contributed by atoms with Crippen molar-refractivity contribution in [1.29, 1.82) is 0 Å². The van der Waals surface area contributed by atoms with Gasteiger partial charge in [-0.1, -0.05) is 27.7 Å². The minimum atomic E-state index is 0.407. The van der Waals surface area contributed by atoms with E-state index in [1.54, 1.807) is 0 Å². The zero-order chi connectivity index (χ0) is 10.1. The Hall–Kier alpha value is -0.370. The number of Topliss-reactive ketones (excluding diaryl/α,β-unsaturated/α-hetero) is 1. The van der Waals surface area contributed by atoms with E-state index in [-0.39, 0.29) is 0 Å². The Labute approximate surface area is 76.0 Å². The van der Waals surface area contributed by atoms with Crippen LogP contribution in [0, 0.1) is 11.8 Å². The Morgan fingerprint density at radius 3 is 1.42 bits per heavy atom. The van der Waals surface area contributed by atoms with Crippen LogP contribution < -0.4 is 0 Å². The van der Waals surface area contributed by atoms with Crippen LogP contribution in [0.5, 0.6) is 0 Å². The quantitative estimate of drug-likeness (QED) is 0.709. The van der Waals surface area contributed by atoms with Crippen LogP contribution >= 0.6 is 0 Å². The lowest BCUT2D eigenvalue weighted by Crippen LogP contribution is -2.05. The van der Waals surface area contributed by atoms with E-state index in [0.717, 1.165) is 20.0 Å². The average molecular weight is 174 g/mol. The first-order valence-corrected chi connectivity index (χ1v) is 4.48. The molecule has 0 saturated carbocycles. The van der Waals surface area contributed by atoms with E-state index < -0.39 is 0 Å². The second-order valence-electron chi connectivity index (χ2n) is 3.73. The van der Waals surface area contributed by atoms with Crippen molar-refractivity contribution in [2.24, 2.45) is 11.8 Å². The molecule has 0 bridgehead atoms. The zero-order valence-electron chi connectivity index (χ0n) is 8.92. The Kier molecular flexibility index (Phi) is 10.3. The van der Waals surface area contributed by atoms with Crippen molar-refractivity contribution in [3.8, 4) is 0 Å². The molecule has 0 aromatic rings.